The van der Waals surface area contributed by atoms with Crippen LogP contribution in [-0.4, -0.2) is 23.3 Å². The van der Waals surface area contributed by atoms with Gasteiger partial charge >= 0.3 is 0 Å². The van der Waals surface area contributed by atoms with Crippen molar-refractivity contribution < 1.29 is 9.53 Å². The van der Waals surface area contributed by atoms with E-state index in [4.69, 9.17) is 39.5 Å². The van der Waals surface area contributed by atoms with Gasteiger partial charge in [-0.2, -0.15) is 5.10 Å². The zero-order valence-corrected chi connectivity index (χ0v) is 19.0. The quantitative estimate of drug-likeness (QED) is 0.250. The first kappa shape index (κ1) is 22.2. The molecule has 0 fully saturated rings. The molecule has 32 heavy (non-hydrogen) atoms. The number of carbonyl (C=O) groups excluding carboxylic acids is 1. The van der Waals surface area contributed by atoms with Crippen molar-refractivity contribution in [1.29, 1.82) is 0 Å². The predicted octanol–water partition coefficient (Wildman–Crippen LogP) is 6.18. The second kappa shape index (κ2) is 10.1. The van der Waals surface area contributed by atoms with Crippen molar-refractivity contribution in [1.82, 2.24) is 9.99 Å². The molecule has 1 amide bonds. The number of nitrogens with zero attached hydrogens (tertiary/aromatic N) is 2. The lowest BCUT2D eigenvalue weighted by Gasteiger charge is -2.08. The Bertz CT molecular complexity index is 1300. The van der Waals surface area contributed by atoms with E-state index in [0.29, 0.717) is 27.4 Å². The van der Waals surface area contributed by atoms with Crippen LogP contribution in [0.25, 0.3) is 10.9 Å². The van der Waals surface area contributed by atoms with Gasteiger partial charge in [-0.25, -0.2) is 5.43 Å². The Balaban J connectivity index is 1.46. The van der Waals surface area contributed by atoms with Crippen LogP contribution >= 0.6 is 34.8 Å². The van der Waals surface area contributed by atoms with Crippen LogP contribution in [0.15, 0.2) is 78.0 Å². The fourth-order valence-corrected chi connectivity index (χ4v) is 3.91. The van der Waals surface area contributed by atoms with Crippen LogP contribution in [0.3, 0.4) is 0 Å². The summed E-state index contributed by atoms with van der Waals surface area (Å²) in [5, 5.41) is 6.73. The Morgan fingerprint density at radius 2 is 1.78 bits per heavy atom. The van der Waals surface area contributed by atoms with E-state index in [-0.39, 0.29) is 6.61 Å². The van der Waals surface area contributed by atoms with E-state index in [9.17, 15) is 4.79 Å². The molecule has 0 unspecified atom stereocenters. The summed E-state index contributed by atoms with van der Waals surface area (Å²) in [6.07, 6.45) is 3.57. The molecule has 5 nitrogen and oxygen atoms in total. The maximum absolute atomic E-state index is 12.1. The first-order valence-electron chi connectivity index (χ1n) is 9.72. The SMILES string of the molecule is O=C(COc1ccccc1Cl)N/N=C\c1cn(Cc2ccc(Cl)cc2Cl)c2ccccc12. The third kappa shape index (κ3) is 5.25. The zero-order chi connectivity index (χ0) is 22.5. The number of ether oxygens (including phenoxy) is 1. The molecule has 4 aromatic rings. The van der Waals surface area contributed by atoms with Gasteiger partial charge in [-0.3, -0.25) is 4.79 Å². The second-order valence-electron chi connectivity index (χ2n) is 6.98. The molecule has 0 saturated heterocycles. The smallest absolute Gasteiger partial charge is 0.277 e. The number of para-hydroxylation sites is 2. The molecule has 162 valence electrons. The number of nitrogens with one attached hydrogen (secondary N) is 1. The lowest BCUT2D eigenvalue weighted by atomic mass is 10.2. The molecule has 0 atom stereocenters. The van der Waals surface area contributed by atoms with E-state index in [2.05, 4.69) is 15.1 Å². The van der Waals surface area contributed by atoms with Crippen molar-refractivity contribution in [2.24, 2.45) is 5.10 Å². The highest BCUT2D eigenvalue weighted by molar-refractivity contribution is 6.35. The molecular weight excluding hydrogens is 469 g/mol. The molecule has 8 heteroatoms. The molecule has 0 spiro atoms. The van der Waals surface area contributed by atoms with E-state index in [1.807, 2.05) is 42.6 Å². The summed E-state index contributed by atoms with van der Waals surface area (Å²) in [6, 6.07) is 20.4. The number of aromatic nitrogens is 1. The van der Waals surface area contributed by atoms with Crippen molar-refractivity contribution in [3.05, 3.63) is 99.1 Å². The van der Waals surface area contributed by atoms with Crippen LogP contribution in [0.2, 0.25) is 15.1 Å². The van der Waals surface area contributed by atoms with Crippen LogP contribution in [0.1, 0.15) is 11.1 Å². The monoisotopic (exact) mass is 485 g/mol. The topological polar surface area (TPSA) is 55.6 Å². The fraction of sp³-hybridized carbons (Fsp3) is 0.0833. The molecule has 0 bridgehead atoms. The number of hydrogen-bond donors (Lipinski definition) is 1. The molecule has 0 aliphatic heterocycles. The molecule has 0 radical (unpaired) electrons. The molecule has 1 heterocycles. The molecule has 3 aromatic carbocycles. The molecule has 1 aromatic heterocycles. The van der Waals surface area contributed by atoms with Gasteiger partial charge in [-0.05, 0) is 35.9 Å². The number of fused-ring (bicyclic) bond motifs is 1. The first-order valence-corrected chi connectivity index (χ1v) is 10.9. The lowest BCUT2D eigenvalue weighted by molar-refractivity contribution is -0.123. The highest BCUT2D eigenvalue weighted by Crippen LogP contribution is 2.26. The standard InChI is InChI=1S/C24H18Cl3N3O2/c25-18-10-9-16(21(27)11-18)13-30-14-17(19-5-1-3-7-22(19)30)12-28-29-24(31)15-32-23-8-4-2-6-20(23)26/h1-12,14H,13,15H2,(H,29,31)/b28-12-. The number of benzene rings is 3. The van der Waals surface area contributed by atoms with E-state index < -0.39 is 5.91 Å². The van der Waals surface area contributed by atoms with E-state index >= 15 is 0 Å². The largest absolute Gasteiger partial charge is 0.482 e. The van der Waals surface area contributed by atoms with Crippen molar-refractivity contribution in [2.75, 3.05) is 6.61 Å². The Kier molecular flexibility index (Phi) is 7.00. The molecular formula is C24H18Cl3N3O2. The van der Waals surface area contributed by atoms with Gasteiger partial charge in [0.05, 0.1) is 11.2 Å². The zero-order valence-electron chi connectivity index (χ0n) is 16.8. The second-order valence-corrected chi connectivity index (χ2v) is 8.23. The minimum absolute atomic E-state index is 0.197. The van der Waals surface area contributed by atoms with Crippen LogP contribution in [0.5, 0.6) is 5.75 Å². The summed E-state index contributed by atoms with van der Waals surface area (Å²) < 4.78 is 7.50. The van der Waals surface area contributed by atoms with Crippen LogP contribution in [0, 0.1) is 0 Å². The predicted molar refractivity (Wildman–Crippen MR) is 130 cm³/mol. The Morgan fingerprint density at radius 1 is 1.00 bits per heavy atom. The number of rotatable bonds is 7. The van der Waals surface area contributed by atoms with E-state index in [1.165, 1.54) is 0 Å². The third-order valence-corrected chi connectivity index (χ3v) is 5.66. The fourth-order valence-electron chi connectivity index (χ4n) is 3.25. The summed E-state index contributed by atoms with van der Waals surface area (Å²) in [7, 11) is 0. The molecule has 0 aliphatic rings. The summed E-state index contributed by atoms with van der Waals surface area (Å²) in [5.41, 5.74) is 5.31. The highest BCUT2D eigenvalue weighted by Gasteiger charge is 2.10. The molecule has 4 rings (SSSR count). The van der Waals surface area contributed by atoms with Crippen molar-refractivity contribution in [3.63, 3.8) is 0 Å². The average Bonchev–Trinajstić information content (AvgIpc) is 3.13. The first-order chi connectivity index (χ1) is 15.5. The van der Waals surface area contributed by atoms with Gasteiger partial charge in [0, 0.05) is 39.3 Å². The van der Waals surface area contributed by atoms with E-state index in [1.54, 1.807) is 36.5 Å². The molecule has 0 saturated carbocycles. The highest BCUT2D eigenvalue weighted by atomic mass is 35.5. The normalized spacial score (nSPS) is 11.2. The summed E-state index contributed by atoms with van der Waals surface area (Å²) in [5.74, 6) is 0.0510. The van der Waals surface area contributed by atoms with Crippen molar-refractivity contribution in [2.45, 2.75) is 6.54 Å². The maximum atomic E-state index is 12.1. The third-order valence-electron chi connectivity index (χ3n) is 4.76. The number of hydrazone groups is 1. The maximum Gasteiger partial charge on any atom is 0.277 e. The average molecular weight is 487 g/mol. The van der Waals surface area contributed by atoms with E-state index in [0.717, 1.165) is 22.0 Å². The Hall–Kier alpha value is -2.99. The summed E-state index contributed by atoms with van der Waals surface area (Å²) in [6.45, 7) is 0.375. The van der Waals surface area contributed by atoms with Gasteiger partial charge < -0.3 is 9.30 Å². The van der Waals surface area contributed by atoms with Crippen molar-refractivity contribution in [3.8, 4) is 5.75 Å². The van der Waals surface area contributed by atoms with Gasteiger partial charge in [0.2, 0.25) is 0 Å². The number of amides is 1. The van der Waals surface area contributed by atoms with Gasteiger partial charge in [-0.1, -0.05) is 71.2 Å². The Labute approximate surface area is 200 Å². The molecule has 1 N–H and O–H groups in total. The lowest BCUT2D eigenvalue weighted by Crippen LogP contribution is -2.24. The molecule has 0 aliphatic carbocycles. The van der Waals surface area contributed by atoms with Gasteiger partial charge in [-0.15, -0.1) is 0 Å². The van der Waals surface area contributed by atoms with Gasteiger partial charge in [0.15, 0.2) is 6.61 Å². The van der Waals surface area contributed by atoms with Gasteiger partial charge in [0.25, 0.3) is 5.91 Å². The van der Waals surface area contributed by atoms with Crippen LogP contribution in [-0.2, 0) is 11.3 Å². The van der Waals surface area contributed by atoms with Crippen molar-refractivity contribution >= 4 is 57.8 Å². The minimum atomic E-state index is -0.391. The summed E-state index contributed by atoms with van der Waals surface area (Å²) >= 11 is 18.4. The number of carbonyl (C=O) groups is 1. The van der Waals surface area contributed by atoms with Crippen LogP contribution in [0.4, 0.5) is 0 Å². The number of hydrogen-bond acceptors (Lipinski definition) is 3. The van der Waals surface area contributed by atoms with Crippen LogP contribution < -0.4 is 10.2 Å². The number of halogens is 3. The van der Waals surface area contributed by atoms with Gasteiger partial charge in [0.1, 0.15) is 5.75 Å². The Morgan fingerprint density at radius 3 is 2.59 bits per heavy atom. The minimum Gasteiger partial charge on any atom is -0.482 e. The summed E-state index contributed by atoms with van der Waals surface area (Å²) in [4.78, 5) is 12.1.